The molecule has 15 heavy (non-hydrogen) atoms. The molecule has 1 aliphatic rings. The van der Waals surface area contributed by atoms with Gasteiger partial charge in [0.2, 0.25) is 0 Å². The Bertz CT molecular complexity index is 164. The molecule has 0 radical (unpaired) electrons. The van der Waals surface area contributed by atoms with Crippen molar-refractivity contribution < 1.29 is 5.11 Å². The third-order valence-corrected chi connectivity index (χ3v) is 2.91. The van der Waals surface area contributed by atoms with Crippen molar-refractivity contribution >= 4 is 0 Å². The lowest BCUT2D eigenvalue weighted by molar-refractivity contribution is 0.170. The van der Waals surface area contributed by atoms with Gasteiger partial charge >= 0.3 is 0 Å². The normalized spacial score (nSPS) is 23.6. The predicted molar refractivity (Wildman–Crippen MR) is 63.1 cm³/mol. The van der Waals surface area contributed by atoms with Gasteiger partial charge in [-0.3, -0.25) is 0 Å². The second-order valence-corrected chi connectivity index (χ2v) is 4.62. The van der Waals surface area contributed by atoms with E-state index in [0.29, 0.717) is 6.04 Å². The topological polar surface area (TPSA) is 38.7 Å². The summed E-state index contributed by atoms with van der Waals surface area (Å²) >= 11 is 0. The Morgan fingerprint density at radius 3 is 2.93 bits per heavy atom. The number of nitrogens with one attached hydrogen (secondary N) is 1. The third kappa shape index (κ3) is 5.47. The van der Waals surface area contributed by atoms with Crippen molar-refractivity contribution in [2.24, 2.45) is 0 Å². The molecule has 0 aliphatic carbocycles. The molecule has 0 amide bonds. The second-order valence-electron chi connectivity index (χ2n) is 4.62. The van der Waals surface area contributed by atoms with E-state index in [1.54, 1.807) is 0 Å². The quantitative estimate of drug-likeness (QED) is 0.632. The van der Waals surface area contributed by atoms with Gasteiger partial charge in [-0.1, -0.05) is 0 Å². The van der Waals surface area contributed by atoms with Gasteiger partial charge in [0.25, 0.3) is 0 Å². The third-order valence-electron chi connectivity index (χ3n) is 2.91. The van der Waals surface area contributed by atoms with E-state index in [1.165, 1.54) is 19.4 Å². The molecule has 0 aromatic carbocycles. The summed E-state index contributed by atoms with van der Waals surface area (Å²) in [7, 11) is 4.23. The van der Waals surface area contributed by atoms with E-state index in [0.717, 1.165) is 26.2 Å². The summed E-state index contributed by atoms with van der Waals surface area (Å²) in [6.07, 6.45) is 2.52. The lowest BCUT2D eigenvalue weighted by Crippen LogP contribution is -2.47. The molecule has 1 saturated heterocycles. The zero-order valence-electron chi connectivity index (χ0n) is 10.1. The van der Waals surface area contributed by atoms with E-state index in [4.69, 9.17) is 5.11 Å². The van der Waals surface area contributed by atoms with Crippen LogP contribution in [-0.4, -0.2) is 74.4 Å². The van der Waals surface area contributed by atoms with E-state index < -0.39 is 0 Å². The van der Waals surface area contributed by atoms with Crippen molar-refractivity contribution in [2.75, 3.05) is 53.4 Å². The molecule has 1 rings (SSSR count). The van der Waals surface area contributed by atoms with Crippen LogP contribution in [0, 0.1) is 0 Å². The van der Waals surface area contributed by atoms with Crippen LogP contribution in [0.2, 0.25) is 0 Å². The van der Waals surface area contributed by atoms with Crippen molar-refractivity contribution in [3.63, 3.8) is 0 Å². The molecular weight excluding hydrogens is 190 g/mol. The van der Waals surface area contributed by atoms with Gasteiger partial charge in [0.1, 0.15) is 0 Å². The first kappa shape index (κ1) is 12.9. The van der Waals surface area contributed by atoms with Crippen LogP contribution in [0.15, 0.2) is 0 Å². The molecular formula is C11H25N3O. The SMILES string of the molecule is CN(C)CCN1CCCC(NCCO)C1. The summed E-state index contributed by atoms with van der Waals surface area (Å²) in [5.41, 5.74) is 0. The maximum absolute atomic E-state index is 8.76. The van der Waals surface area contributed by atoms with E-state index in [9.17, 15) is 0 Å². The number of aliphatic hydroxyl groups excluding tert-OH is 1. The van der Waals surface area contributed by atoms with Crippen molar-refractivity contribution in [1.29, 1.82) is 0 Å². The molecule has 0 spiro atoms. The Morgan fingerprint density at radius 1 is 1.47 bits per heavy atom. The van der Waals surface area contributed by atoms with Gasteiger partial charge in [-0.15, -0.1) is 0 Å². The summed E-state index contributed by atoms with van der Waals surface area (Å²) in [5, 5.41) is 12.1. The van der Waals surface area contributed by atoms with Crippen molar-refractivity contribution in [2.45, 2.75) is 18.9 Å². The van der Waals surface area contributed by atoms with Gasteiger partial charge in [-0.2, -0.15) is 0 Å². The highest BCUT2D eigenvalue weighted by Gasteiger charge is 2.18. The highest BCUT2D eigenvalue weighted by molar-refractivity contribution is 4.78. The van der Waals surface area contributed by atoms with E-state index in [1.807, 2.05) is 0 Å². The van der Waals surface area contributed by atoms with E-state index in [2.05, 4.69) is 29.2 Å². The van der Waals surface area contributed by atoms with Gasteiger partial charge in [0.05, 0.1) is 6.61 Å². The minimum atomic E-state index is 0.244. The molecule has 0 aromatic heterocycles. The lowest BCUT2D eigenvalue weighted by atomic mass is 10.1. The molecule has 0 bridgehead atoms. The minimum Gasteiger partial charge on any atom is -0.395 e. The molecule has 1 heterocycles. The molecule has 4 heteroatoms. The Morgan fingerprint density at radius 2 is 2.27 bits per heavy atom. The smallest absolute Gasteiger partial charge is 0.0556 e. The average Bonchev–Trinajstić information content (AvgIpc) is 2.24. The van der Waals surface area contributed by atoms with Crippen LogP contribution in [-0.2, 0) is 0 Å². The van der Waals surface area contributed by atoms with Gasteiger partial charge < -0.3 is 20.2 Å². The summed E-state index contributed by atoms with van der Waals surface area (Å²) in [6.45, 7) is 5.62. The van der Waals surface area contributed by atoms with Gasteiger partial charge in [-0.05, 0) is 33.5 Å². The average molecular weight is 215 g/mol. The Hall–Kier alpha value is -0.160. The zero-order chi connectivity index (χ0) is 11.1. The highest BCUT2D eigenvalue weighted by Crippen LogP contribution is 2.09. The van der Waals surface area contributed by atoms with Crippen molar-refractivity contribution in [3.05, 3.63) is 0 Å². The number of likely N-dealkylation sites (N-methyl/N-ethyl adjacent to an activating group) is 1. The number of hydrogen-bond acceptors (Lipinski definition) is 4. The monoisotopic (exact) mass is 215 g/mol. The molecule has 0 saturated carbocycles. The number of aliphatic hydroxyl groups is 1. The van der Waals surface area contributed by atoms with Crippen LogP contribution in [0.25, 0.3) is 0 Å². The highest BCUT2D eigenvalue weighted by atomic mass is 16.3. The maximum Gasteiger partial charge on any atom is 0.0556 e. The molecule has 4 nitrogen and oxygen atoms in total. The van der Waals surface area contributed by atoms with Crippen LogP contribution < -0.4 is 5.32 Å². The van der Waals surface area contributed by atoms with Crippen LogP contribution in [0.4, 0.5) is 0 Å². The number of hydrogen-bond donors (Lipinski definition) is 2. The molecule has 1 aliphatic heterocycles. The number of piperidine rings is 1. The summed E-state index contributed by atoms with van der Waals surface area (Å²) in [5.74, 6) is 0. The number of nitrogens with zero attached hydrogens (tertiary/aromatic N) is 2. The zero-order valence-corrected chi connectivity index (χ0v) is 10.1. The minimum absolute atomic E-state index is 0.244. The van der Waals surface area contributed by atoms with Gasteiger partial charge in [-0.25, -0.2) is 0 Å². The van der Waals surface area contributed by atoms with Gasteiger partial charge in [0, 0.05) is 32.2 Å². The first-order valence-corrected chi connectivity index (χ1v) is 5.93. The fraction of sp³-hybridized carbons (Fsp3) is 1.00. The van der Waals surface area contributed by atoms with Crippen molar-refractivity contribution in [1.82, 2.24) is 15.1 Å². The molecule has 0 aromatic rings. The van der Waals surface area contributed by atoms with Crippen LogP contribution in [0.1, 0.15) is 12.8 Å². The molecule has 1 fully saturated rings. The van der Waals surface area contributed by atoms with Crippen LogP contribution in [0.5, 0.6) is 0 Å². The Labute approximate surface area is 93.2 Å². The molecule has 2 N–H and O–H groups in total. The number of likely N-dealkylation sites (tertiary alicyclic amines) is 1. The van der Waals surface area contributed by atoms with E-state index in [-0.39, 0.29) is 6.61 Å². The summed E-state index contributed by atoms with van der Waals surface area (Å²) < 4.78 is 0. The summed E-state index contributed by atoms with van der Waals surface area (Å²) in [4.78, 5) is 4.74. The van der Waals surface area contributed by atoms with Crippen LogP contribution in [0.3, 0.4) is 0 Å². The number of rotatable bonds is 6. The largest absolute Gasteiger partial charge is 0.395 e. The van der Waals surface area contributed by atoms with Crippen LogP contribution >= 0.6 is 0 Å². The second kappa shape index (κ2) is 7.17. The van der Waals surface area contributed by atoms with Gasteiger partial charge in [0.15, 0.2) is 0 Å². The van der Waals surface area contributed by atoms with Crippen molar-refractivity contribution in [3.8, 4) is 0 Å². The standard InChI is InChI=1S/C11H25N3O/c1-13(2)7-8-14-6-3-4-11(10-14)12-5-9-15/h11-12,15H,3-10H2,1-2H3. The molecule has 90 valence electrons. The van der Waals surface area contributed by atoms with E-state index >= 15 is 0 Å². The molecule has 1 atom stereocenters. The maximum atomic E-state index is 8.76. The predicted octanol–water partition coefficient (Wildman–Crippen LogP) is -0.406. The Balaban J connectivity index is 2.17. The first-order valence-electron chi connectivity index (χ1n) is 5.93. The first-order chi connectivity index (χ1) is 7.22. The lowest BCUT2D eigenvalue weighted by Gasteiger charge is -2.33. The molecule has 1 unspecified atom stereocenters. The Kier molecular flexibility index (Phi) is 6.17. The fourth-order valence-electron chi connectivity index (χ4n) is 2.04. The summed E-state index contributed by atoms with van der Waals surface area (Å²) in [6, 6.07) is 0.577. The fourth-order valence-corrected chi connectivity index (χ4v) is 2.04.